The molecule has 24 heavy (non-hydrogen) atoms. The van der Waals surface area contributed by atoms with E-state index in [9.17, 15) is 0 Å². The standard InChI is InChI=1S/C20H26N2.2BrH/c1-17(19-9-5-3-6-10-19)21-13-15-22(16-14-21)18(2)20-11-7-4-8-12-20;;/h3-12,17-18H,13-16H2,1-2H3;2*1H. The first-order valence-corrected chi connectivity index (χ1v) is 8.33. The van der Waals surface area contributed by atoms with Gasteiger partial charge >= 0.3 is 0 Å². The SMILES string of the molecule is Br.Br.CC(c1ccccc1)N1CCN(C(C)c2ccccc2)CC1. The van der Waals surface area contributed by atoms with Gasteiger partial charge in [0.25, 0.3) is 0 Å². The molecule has 3 rings (SSSR count). The van der Waals surface area contributed by atoms with Crippen molar-refractivity contribution >= 4 is 34.0 Å². The zero-order chi connectivity index (χ0) is 15.4. The van der Waals surface area contributed by atoms with Gasteiger partial charge in [0.1, 0.15) is 0 Å². The lowest BCUT2D eigenvalue weighted by atomic mass is 10.0. The van der Waals surface area contributed by atoms with Crippen molar-refractivity contribution in [2.45, 2.75) is 25.9 Å². The summed E-state index contributed by atoms with van der Waals surface area (Å²) in [6.07, 6.45) is 0. The molecule has 1 heterocycles. The van der Waals surface area contributed by atoms with Gasteiger partial charge in [0.2, 0.25) is 0 Å². The van der Waals surface area contributed by atoms with Crippen LogP contribution in [0.3, 0.4) is 0 Å². The summed E-state index contributed by atoms with van der Waals surface area (Å²) < 4.78 is 0. The number of piperazine rings is 1. The second-order valence-corrected chi connectivity index (χ2v) is 6.25. The zero-order valence-corrected chi connectivity index (χ0v) is 17.9. The maximum Gasteiger partial charge on any atom is 0.0320 e. The summed E-state index contributed by atoms with van der Waals surface area (Å²) >= 11 is 0. The van der Waals surface area contributed by atoms with E-state index in [2.05, 4.69) is 84.3 Å². The van der Waals surface area contributed by atoms with Crippen LogP contribution in [-0.4, -0.2) is 36.0 Å². The number of hydrogen-bond donors (Lipinski definition) is 0. The topological polar surface area (TPSA) is 6.48 Å². The van der Waals surface area contributed by atoms with Crippen molar-refractivity contribution in [1.29, 1.82) is 0 Å². The summed E-state index contributed by atoms with van der Waals surface area (Å²) in [5.41, 5.74) is 2.85. The molecule has 2 nitrogen and oxygen atoms in total. The number of benzene rings is 2. The Kier molecular flexibility index (Phi) is 9.21. The third kappa shape index (κ3) is 5.16. The summed E-state index contributed by atoms with van der Waals surface area (Å²) in [7, 11) is 0. The highest BCUT2D eigenvalue weighted by Gasteiger charge is 2.25. The van der Waals surface area contributed by atoms with Crippen LogP contribution in [0.1, 0.15) is 37.1 Å². The van der Waals surface area contributed by atoms with E-state index in [1.54, 1.807) is 0 Å². The van der Waals surface area contributed by atoms with Crippen LogP contribution in [0.5, 0.6) is 0 Å². The first-order chi connectivity index (χ1) is 10.8. The summed E-state index contributed by atoms with van der Waals surface area (Å²) in [5, 5.41) is 0. The van der Waals surface area contributed by atoms with E-state index in [4.69, 9.17) is 0 Å². The molecule has 4 heteroatoms. The molecule has 2 atom stereocenters. The Morgan fingerprint density at radius 2 is 0.875 bits per heavy atom. The van der Waals surface area contributed by atoms with E-state index in [0.29, 0.717) is 12.1 Å². The van der Waals surface area contributed by atoms with Gasteiger partial charge in [-0.25, -0.2) is 0 Å². The first-order valence-electron chi connectivity index (χ1n) is 8.33. The van der Waals surface area contributed by atoms with Crippen molar-refractivity contribution in [2.75, 3.05) is 26.2 Å². The molecular formula is C20H28Br2N2. The van der Waals surface area contributed by atoms with E-state index in [1.807, 2.05) is 0 Å². The average Bonchev–Trinajstić information content (AvgIpc) is 2.62. The van der Waals surface area contributed by atoms with Gasteiger partial charge in [-0.2, -0.15) is 0 Å². The van der Waals surface area contributed by atoms with Gasteiger partial charge < -0.3 is 0 Å². The van der Waals surface area contributed by atoms with E-state index < -0.39 is 0 Å². The average molecular weight is 456 g/mol. The Bertz CT molecular complexity index is 515. The number of rotatable bonds is 4. The Balaban J connectivity index is 0.00000144. The maximum absolute atomic E-state index is 2.60. The van der Waals surface area contributed by atoms with Gasteiger partial charge in [-0.1, -0.05) is 60.7 Å². The molecule has 0 aromatic heterocycles. The van der Waals surface area contributed by atoms with Gasteiger partial charge in [-0.3, -0.25) is 9.80 Å². The van der Waals surface area contributed by atoms with Crippen molar-refractivity contribution in [3.8, 4) is 0 Å². The highest BCUT2D eigenvalue weighted by Crippen LogP contribution is 2.25. The molecule has 1 aliphatic rings. The van der Waals surface area contributed by atoms with Crippen LogP contribution in [0.15, 0.2) is 60.7 Å². The molecule has 0 saturated carbocycles. The summed E-state index contributed by atoms with van der Waals surface area (Å²) in [6.45, 7) is 9.23. The lowest BCUT2D eigenvalue weighted by Gasteiger charge is -2.40. The van der Waals surface area contributed by atoms with Gasteiger partial charge in [-0.05, 0) is 25.0 Å². The largest absolute Gasteiger partial charge is 0.294 e. The molecule has 2 aromatic carbocycles. The van der Waals surface area contributed by atoms with Gasteiger partial charge in [-0.15, -0.1) is 34.0 Å². The van der Waals surface area contributed by atoms with Gasteiger partial charge in [0, 0.05) is 38.3 Å². The predicted octanol–water partition coefficient (Wildman–Crippen LogP) is 5.28. The van der Waals surface area contributed by atoms with Crippen LogP contribution in [0.2, 0.25) is 0 Å². The molecule has 1 aliphatic heterocycles. The quantitative estimate of drug-likeness (QED) is 0.618. The lowest BCUT2D eigenvalue weighted by molar-refractivity contribution is 0.0783. The maximum atomic E-state index is 2.60. The minimum absolute atomic E-state index is 0. The fourth-order valence-electron chi connectivity index (χ4n) is 3.40. The van der Waals surface area contributed by atoms with Crippen molar-refractivity contribution in [3.05, 3.63) is 71.8 Å². The fraction of sp³-hybridized carbons (Fsp3) is 0.400. The van der Waals surface area contributed by atoms with Crippen molar-refractivity contribution in [1.82, 2.24) is 9.80 Å². The number of nitrogens with zero attached hydrogens (tertiary/aromatic N) is 2. The Morgan fingerprint density at radius 3 is 1.17 bits per heavy atom. The second kappa shape index (κ2) is 10.3. The molecule has 0 spiro atoms. The molecule has 1 saturated heterocycles. The number of hydrogen-bond acceptors (Lipinski definition) is 2. The van der Waals surface area contributed by atoms with Crippen molar-refractivity contribution < 1.29 is 0 Å². The highest BCUT2D eigenvalue weighted by molar-refractivity contribution is 8.93. The summed E-state index contributed by atoms with van der Waals surface area (Å²) in [5.74, 6) is 0. The summed E-state index contributed by atoms with van der Waals surface area (Å²) in [6, 6.07) is 22.7. The molecule has 0 aliphatic carbocycles. The number of halogens is 2. The third-order valence-corrected chi connectivity index (χ3v) is 5.01. The van der Waals surface area contributed by atoms with E-state index in [1.165, 1.54) is 11.1 Å². The molecule has 0 radical (unpaired) electrons. The lowest BCUT2D eigenvalue weighted by Crippen LogP contribution is -2.47. The van der Waals surface area contributed by atoms with Crippen LogP contribution >= 0.6 is 34.0 Å². The van der Waals surface area contributed by atoms with E-state index in [0.717, 1.165) is 26.2 Å². The predicted molar refractivity (Wildman–Crippen MR) is 114 cm³/mol. The van der Waals surface area contributed by atoms with Crippen LogP contribution in [0.4, 0.5) is 0 Å². The smallest absolute Gasteiger partial charge is 0.0320 e. The molecule has 0 N–H and O–H groups in total. The first kappa shape index (κ1) is 21.4. The monoisotopic (exact) mass is 454 g/mol. The molecule has 1 fully saturated rings. The Labute approximate surface area is 167 Å². The Hall–Kier alpha value is -0.680. The molecular weight excluding hydrogens is 428 g/mol. The van der Waals surface area contributed by atoms with Crippen molar-refractivity contribution in [3.63, 3.8) is 0 Å². The second-order valence-electron chi connectivity index (χ2n) is 6.25. The molecule has 0 amide bonds. The Morgan fingerprint density at radius 1 is 0.583 bits per heavy atom. The van der Waals surface area contributed by atoms with Crippen LogP contribution in [-0.2, 0) is 0 Å². The zero-order valence-electron chi connectivity index (χ0n) is 14.5. The normalized spacial score (nSPS) is 18.1. The van der Waals surface area contributed by atoms with E-state index >= 15 is 0 Å². The van der Waals surface area contributed by atoms with Gasteiger partial charge in [0.05, 0.1) is 0 Å². The summed E-state index contributed by atoms with van der Waals surface area (Å²) in [4.78, 5) is 5.20. The minimum atomic E-state index is 0. The fourth-order valence-corrected chi connectivity index (χ4v) is 3.40. The molecule has 0 bridgehead atoms. The third-order valence-electron chi connectivity index (χ3n) is 5.01. The van der Waals surface area contributed by atoms with Crippen LogP contribution < -0.4 is 0 Å². The molecule has 132 valence electrons. The minimum Gasteiger partial charge on any atom is -0.294 e. The van der Waals surface area contributed by atoms with Gasteiger partial charge in [0.15, 0.2) is 0 Å². The highest BCUT2D eigenvalue weighted by atomic mass is 79.9. The van der Waals surface area contributed by atoms with E-state index in [-0.39, 0.29) is 34.0 Å². The molecule has 2 aromatic rings. The van der Waals surface area contributed by atoms with Crippen LogP contribution in [0.25, 0.3) is 0 Å². The van der Waals surface area contributed by atoms with Crippen molar-refractivity contribution in [2.24, 2.45) is 0 Å². The molecule has 2 unspecified atom stereocenters. The van der Waals surface area contributed by atoms with Crippen LogP contribution in [0, 0.1) is 0 Å².